The first-order valence-corrected chi connectivity index (χ1v) is 9.82. The number of thioether (sulfide) groups is 1. The van der Waals surface area contributed by atoms with Gasteiger partial charge in [-0.05, 0) is 35.9 Å². The van der Waals surface area contributed by atoms with Crippen molar-refractivity contribution in [1.29, 1.82) is 0 Å². The summed E-state index contributed by atoms with van der Waals surface area (Å²) in [6, 6.07) is 7.09. The smallest absolute Gasteiger partial charge is 0.200 e. The van der Waals surface area contributed by atoms with E-state index < -0.39 is 40.4 Å². The minimum absolute atomic E-state index is 0.563. The summed E-state index contributed by atoms with van der Waals surface area (Å²) < 4.78 is 66.7. The van der Waals surface area contributed by atoms with Crippen molar-refractivity contribution in [2.75, 3.05) is 5.75 Å². The van der Waals surface area contributed by atoms with Crippen molar-refractivity contribution in [2.24, 2.45) is 0 Å². The van der Waals surface area contributed by atoms with Crippen LogP contribution < -0.4 is 0 Å². The van der Waals surface area contributed by atoms with E-state index in [1.807, 2.05) is 12.1 Å². The first-order chi connectivity index (χ1) is 13.4. The average molecular weight is 414 g/mol. The molecule has 0 spiro atoms. The van der Waals surface area contributed by atoms with Crippen LogP contribution in [0.25, 0.3) is 6.08 Å². The van der Waals surface area contributed by atoms with Gasteiger partial charge in [0.25, 0.3) is 0 Å². The van der Waals surface area contributed by atoms with Gasteiger partial charge in [-0.25, -0.2) is 22.0 Å². The molecule has 0 unspecified atom stereocenters. The van der Waals surface area contributed by atoms with Crippen molar-refractivity contribution < 1.29 is 26.7 Å². The molecule has 0 saturated heterocycles. The summed E-state index contributed by atoms with van der Waals surface area (Å²) in [5, 5.41) is 0. The lowest BCUT2D eigenvalue weighted by Gasteiger charge is -2.05. The van der Waals surface area contributed by atoms with Gasteiger partial charge in [-0.1, -0.05) is 44.4 Å². The highest BCUT2D eigenvalue weighted by Crippen LogP contribution is 2.24. The van der Waals surface area contributed by atoms with Crippen LogP contribution in [0, 0.1) is 29.1 Å². The molecule has 2 aromatic rings. The molecule has 0 amide bonds. The lowest BCUT2D eigenvalue weighted by atomic mass is 10.1. The van der Waals surface area contributed by atoms with Crippen molar-refractivity contribution in [3.05, 3.63) is 70.6 Å². The van der Waals surface area contributed by atoms with Crippen molar-refractivity contribution in [2.45, 2.75) is 37.5 Å². The Bertz CT molecular complexity index is 833. The molecule has 1 nitrogen and oxygen atoms in total. The molecular formula is C21H19F5OS. The lowest BCUT2D eigenvalue weighted by Crippen LogP contribution is -2.11. The Labute approximate surface area is 164 Å². The topological polar surface area (TPSA) is 17.1 Å². The normalized spacial score (nSPS) is 11.4. The Morgan fingerprint density at radius 2 is 1.43 bits per heavy atom. The second-order valence-electron chi connectivity index (χ2n) is 6.12. The molecule has 0 fully saturated rings. The van der Waals surface area contributed by atoms with Crippen LogP contribution in [0.2, 0.25) is 0 Å². The second-order valence-corrected chi connectivity index (χ2v) is 7.29. The van der Waals surface area contributed by atoms with Crippen LogP contribution in [0.15, 0.2) is 35.2 Å². The maximum atomic E-state index is 13.6. The van der Waals surface area contributed by atoms with Gasteiger partial charge in [0.05, 0.1) is 5.56 Å². The Morgan fingerprint density at radius 1 is 0.857 bits per heavy atom. The molecule has 0 radical (unpaired) electrons. The molecule has 2 aromatic carbocycles. The van der Waals surface area contributed by atoms with Gasteiger partial charge in [0.15, 0.2) is 29.1 Å². The third-order valence-corrected chi connectivity index (χ3v) is 5.13. The number of ketones is 1. The number of unbranched alkanes of at least 4 members (excludes halogenated alkanes) is 3. The van der Waals surface area contributed by atoms with E-state index in [4.69, 9.17) is 0 Å². The van der Waals surface area contributed by atoms with E-state index in [1.165, 1.54) is 25.3 Å². The molecule has 0 N–H and O–H groups in total. The molecule has 0 aliphatic heterocycles. The van der Waals surface area contributed by atoms with E-state index >= 15 is 0 Å². The predicted molar refractivity (Wildman–Crippen MR) is 101 cm³/mol. The molecule has 2 rings (SSSR count). The highest BCUT2D eigenvalue weighted by Gasteiger charge is 2.28. The Morgan fingerprint density at radius 3 is 2.00 bits per heavy atom. The molecule has 7 heteroatoms. The minimum Gasteiger partial charge on any atom is -0.289 e. The van der Waals surface area contributed by atoms with Crippen molar-refractivity contribution in [1.82, 2.24) is 0 Å². The third-order valence-electron chi connectivity index (χ3n) is 4.03. The Hall–Kier alpha value is -2.15. The molecular weight excluding hydrogens is 395 g/mol. The fourth-order valence-corrected chi connectivity index (χ4v) is 3.38. The van der Waals surface area contributed by atoms with E-state index in [1.54, 1.807) is 23.9 Å². The summed E-state index contributed by atoms with van der Waals surface area (Å²) in [5.74, 6) is -11.2. The van der Waals surface area contributed by atoms with Gasteiger partial charge in [0, 0.05) is 4.90 Å². The van der Waals surface area contributed by atoms with E-state index in [-0.39, 0.29) is 0 Å². The van der Waals surface area contributed by atoms with Gasteiger partial charge in [-0.15, -0.1) is 11.8 Å². The first-order valence-electron chi connectivity index (χ1n) is 8.83. The highest BCUT2D eigenvalue weighted by atomic mass is 32.2. The monoisotopic (exact) mass is 414 g/mol. The summed E-state index contributed by atoms with van der Waals surface area (Å²) in [6.07, 6.45) is 6.73. The van der Waals surface area contributed by atoms with Crippen molar-refractivity contribution in [3.63, 3.8) is 0 Å². The molecule has 0 saturated carbocycles. The zero-order valence-corrected chi connectivity index (χ0v) is 16.0. The number of hydrogen-bond acceptors (Lipinski definition) is 2. The molecule has 150 valence electrons. The highest BCUT2D eigenvalue weighted by molar-refractivity contribution is 7.99. The van der Waals surface area contributed by atoms with Crippen LogP contribution in [0.4, 0.5) is 22.0 Å². The van der Waals surface area contributed by atoms with E-state index in [9.17, 15) is 26.7 Å². The maximum Gasteiger partial charge on any atom is 0.200 e. The summed E-state index contributed by atoms with van der Waals surface area (Å²) in [6.45, 7) is 2.15. The van der Waals surface area contributed by atoms with Crippen LogP contribution in [0.1, 0.15) is 48.5 Å². The third kappa shape index (κ3) is 5.44. The van der Waals surface area contributed by atoms with Gasteiger partial charge in [-0.2, -0.15) is 0 Å². The Balaban J connectivity index is 2.05. The maximum absolute atomic E-state index is 13.6. The van der Waals surface area contributed by atoms with E-state index in [2.05, 4.69) is 6.92 Å². The number of hydrogen-bond donors (Lipinski definition) is 0. The quantitative estimate of drug-likeness (QED) is 0.0840. The van der Waals surface area contributed by atoms with Crippen molar-refractivity contribution in [3.8, 4) is 0 Å². The van der Waals surface area contributed by atoms with Gasteiger partial charge in [0.1, 0.15) is 0 Å². The molecule has 28 heavy (non-hydrogen) atoms. The zero-order valence-electron chi connectivity index (χ0n) is 15.2. The second kappa shape index (κ2) is 10.4. The van der Waals surface area contributed by atoms with Crippen LogP contribution in [-0.4, -0.2) is 11.5 Å². The summed E-state index contributed by atoms with van der Waals surface area (Å²) in [5.41, 5.74) is -0.903. The molecule has 0 atom stereocenters. The fraction of sp³-hybridized carbons (Fsp3) is 0.286. The molecule has 0 aliphatic carbocycles. The summed E-state index contributed by atoms with van der Waals surface area (Å²) in [7, 11) is 0. The van der Waals surface area contributed by atoms with Gasteiger partial charge in [0.2, 0.25) is 5.82 Å². The zero-order chi connectivity index (χ0) is 20.7. The summed E-state index contributed by atoms with van der Waals surface area (Å²) in [4.78, 5) is 13.0. The van der Waals surface area contributed by atoms with E-state index in [0.717, 1.165) is 23.1 Å². The predicted octanol–water partition coefficient (Wildman–Crippen LogP) is 6.95. The van der Waals surface area contributed by atoms with E-state index in [0.29, 0.717) is 5.56 Å². The largest absolute Gasteiger partial charge is 0.289 e. The lowest BCUT2D eigenvalue weighted by molar-refractivity contribution is 0.103. The molecule has 0 aromatic heterocycles. The van der Waals surface area contributed by atoms with Crippen LogP contribution >= 0.6 is 11.8 Å². The fourth-order valence-electron chi connectivity index (χ4n) is 2.47. The number of benzene rings is 2. The molecule has 0 aliphatic rings. The van der Waals surface area contributed by atoms with Gasteiger partial charge in [-0.3, -0.25) is 4.79 Å². The number of rotatable bonds is 9. The Kier molecular flexibility index (Phi) is 8.23. The number of carbonyl (C=O) groups excluding carboxylic acids is 1. The summed E-state index contributed by atoms with van der Waals surface area (Å²) >= 11 is 1.70. The van der Waals surface area contributed by atoms with Gasteiger partial charge < -0.3 is 0 Å². The molecule has 0 bridgehead atoms. The SMILES string of the molecule is CCCCCCSc1ccc(C=CC(=O)c2c(F)c(F)c(F)c(F)c2F)cc1. The van der Waals surface area contributed by atoms with Crippen LogP contribution in [0.5, 0.6) is 0 Å². The first kappa shape index (κ1) is 22.1. The van der Waals surface area contributed by atoms with Crippen molar-refractivity contribution >= 4 is 23.6 Å². The molecule has 0 heterocycles. The van der Waals surface area contributed by atoms with Crippen LogP contribution in [-0.2, 0) is 0 Å². The number of halogens is 5. The number of allylic oxidation sites excluding steroid dienone is 1. The number of carbonyl (C=O) groups is 1. The average Bonchev–Trinajstić information content (AvgIpc) is 2.70. The minimum atomic E-state index is -2.29. The van der Waals surface area contributed by atoms with Gasteiger partial charge >= 0.3 is 0 Å². The van der Waals surface area contributed by atoms with Crippen LogP contribution in [0.3, 0.4) is 0 Å². The standard InChI is InChI=1S/C21H19F5OS/c1-2-3-4-5-12-28-14-9-6-13(7-10-14)8-11-15(27)16-17(22)19(24)21(26)20(25)18(16)23/h6-11H,2-5,12H2,1H3.